The zero-order valence-electron chi connectivity index (χ0n) is 11.1. The Morgan fingerprint density at radius 3 is 2.68 bits per heavy atom. The molecule has 0 saturated heterocycles. The molecular formula is C13H17ClN4O. The van der Waals surface area contributed by atoms with Gasteiger partial charge < -0.3 is 17.7 Å². The number of aromatic amines is 2. The summed E-state index contributed by atoms with van der Waals surface area (Å²) in [6.07, 6.45) is 1.84. The number of amides is 1. The average Bonchev–Trinajstić information content (AvgIpc) is 2.77. The van der Waals surface area contributed by atoms with Crippen LogP contribution in [0.5, 0.6) is 0 Å². The Morgan fingerprint density at radius 1 is 1.37 bits per heavy atom. The monoisotopic (exact) mass is 280 g/mol. The number of carbonyl (C=O) groups excluding carboxylic acids is 1. The quantitative estimate of drug-likeness (QED) is 0.731. The fourth-order valence-electron chi connectivity index (χ4n) is 1.39. The lowest BCUT2D eigenvalue weighted by atomic mass is 9.96. The predicted molar refractivity (Wildman–Crippen MR) is 68.7 cm³/mol. The Morgan fingerprint density at radius 2 is 2.11 bits per heavy atom. The van der Waals surface area contributed by atoms with Crippen LogP contribution in [0.25, 0.3) is 11.4 Å². The molecule has 0 aromatic carbocycles. The van der Waals surface area contributed by atoms with Crippen molar-refractivity contribution in [3.8, 4) is 11.4 Å². The van der Waals surface area contributed by atoms with Crippen LogP contribution in [-0.2, 0) is 4.79 Å². The summed E-state index contributed by atoms with van der Waals surface area (Å²) in [7, 11) is 0. The van der Waals surface area contributed by atoms with Gasteiger partial charge in [0.25, 0.3) is 0 Å². The van der Waals surface area contributed by atoms with E-state index in [1.165, 1.54) is 0 Å². The first-order valence-corrected chi connectivity index (χ1v) is 5.81. The third-order valence-corrected chi connectivity index (χ3v) is 2.50. The zero-order valence-corrected chi connectivity index (χ0v) is 11.9. The van der Waals surface area contributed by atoms with E-state index in [-0.39, 0.29) is 18.3 Å². The highest BCUT2D eigenvalue weighted by Crippen LogP contribution is 2.19. The minimum atomic E-state index is -0.433. The molecule has 102 valence electrons. The van der Waals surface area contributed by atoms with Crippen molar-refractivity contribution in [2.24, 2.45) is 5.41 Å². The number of nitrogens with zero attached hydrogens (tertiary/aromatic N) is 1. The van der Waals surface area contributed by atoms with E-state index in [9.17, 15) is 4.79 Å². The molecular weight excluding hydrogens is 264 g/mol. The van der Waals surface area contributed by atoms with Crippen LogP contribution in [0, 0.1) is 5.41 Å². The predicted octanol–water partition coefficient (Wildman–Crippen LogP) is -1.12. The van der Waals surface area contributed by atoms with E-state index in [1.807, 2.05) is 45.2 Å². The highest BCUT2D eigenvalue weighted by Gasteiger charge is 2.22. The topological polar surface area (TPSA) is 71.9 Å². The molecule has 3 N–H and O–H groups in total. The molecule has 0 spiro atoms. The molecule has 19 heavy (non-hydrogen) atoms. The molecule has 2 heterocycles. The van der Waals surface area contributed by atoms with Gasteiger partial charge in [0.2, 0.25) is 11.6 Å². The summed E-state index contributed by atoms with van der Waals surface area (Å²) in [5.41, 5.74) is 1.32. The summed E-state index contributed by atoms with van der Waals surface area (Å²) < 4.78 is 0. The number of aromatic nitrogens is 3. The Bertz CT molecular complexity index is 545. The Labute approximate surface area is 118 Å². The molecule has 0 saturated carbocycles. The first-order chi connectivity index (χ1) is 8.47. The third kappa shape index (κ3) is 3.79. The van der Waals surface area contributed by atoms with Gasteiger partial charge in [-0.15, -0.1) is 0 Å². The Balaban J connectivity index is 0.00000180. The van der Waals surface area contributed by atoms with Gasteiger partial charge in [0.1, 0.15) is 5.69 Å². The van der Waals surface area contributed by atoms with Crippen LogP contribution in [0.3, 0.4) is 0 Å². The van der Waals surface area contributed by atoms with Crippen molar-refractivity contribution in [1.82, 2.24) is 10.2 Å². The van der Waals surface area contributed by atoms with Gasteiger partial charge in [-0.1, -0.05) is 20.8 Å². The van der Waals surface area contributed by atoms with Crippen LogP contribution in [0.4, 0.5) is 5.82 Å². The summed E-state index contributed by atoms with van der Waals surface area (Å²) in [6, 6.07) is 7.57. The van der Waals surface area contributed by atoms with E-state index >= 15 is 0 Å². The van der Waals surface area contributed by atoms with E-state index in [0.29, 0.717) is 5.82 Å². The molecule has 0 fully saturated rings. The first-order valence-electron chi connectivity index (χ1n) is 5.81. The average molecular weight is 281 g/mol. The van der Waals surface area contributed by atoms with Gasteiger partial charge in [0.05, 0.1) is 0 Å². The van der Waals surface area contributed by atoms with Crippen molar-refractivity contribution < 1.29 is 22.2 Å². The second-order valence-corrected chi connectivity index (χ2v) is 5.15. The summed E-state index contributed by atoms with van der Waals surface area (Å²) in [5, 5.41) is 9.73. The minimum absolute atomic E-state index is 0. The van der Waals surface area contributed by atoms with Gasteiger partial charge in [0, 0.05) is 23.6 Å². The van der Waals surface area contributed by atoms with Crippen LogP contribution in [0.15, 0.2) is 30.5 Å². The van der Waals surface area contributed by atoms with Crippen LogP contribution in [0.1, 0.15) is 20.8 Å². The lowest BCUT2D eigenvalue weighted by Crippen LogP contribution is -3.00. The zero-order chi connectivity index (χ0) is 13.2. The van der Waals surface area contributed by atoms with Crippen LogP contribution >= 0.6 is 0 Å². The fourth-order valence-corrected chi connectivity index (χ4v) is 1.39. The molecule has 0 aliphatic rings. The second-order valence-electron chi connectivity index (χ2n) is 5.15. The number of rotatable bonds is 2. The van der Waals surface area contributed by atoms with Crippen molar-refractivity contribution >= 4 is 11.7 Å². The summed E-state index contributed by atoms with van der Waals surface area (Å²) in [6.45, 7) is 5.59. The molecule has 5 nitrogen and oxygen atoms in total. The van der Waals surface area contributed by atoms with Crippen molar-refractivity contribution in [3.05, 3.63) is 30.5 Å². The van der Waals surface area contributed by atoms with Crippen molar-refractivity contribution in [1.29, 1.82) is 0 Å². The molecule has 0 unspecified atom stereocenters. The number of carbonyl (C=O) groups is 1. The minimum Gasteiger partial charge on any atom is -1.00 e. The van der Waals surface area contributed by atoms with Crippen molar-refractivity contribution in [3.63, 3.8) is 0 Å². The van der Waals surface area contributed by atoms with E-state index in [2.05, 4.69) is 20.5 Å². The molecule has 0 radical (unpaired) electrons. The van der Waals surface area contributed by atoms with Crippen LogP contribution in [0.2, 0.25) is 0 Å². The van der Waals surface area contributed by atoms with E-state index in [0.717, 1.165) is 11.4 Å². The molecule has 0 atom stereocenters. The van der Waals surface area contributed by atoms with E-state index in [4.69, 9.17) is 0 Å². The number of anilines is 1. The van der Waals surface area contributed by atoms with Crippen molar-refractivity contribution in [2.75, 3.05) is 5.32 Å². The van der Waals surface area contributed by atoms with Crippen LogP contribution < -0.4 is 22.7 Å². The fraction of sp³-hybridized carbons (Fsp3) is 0.308. The molecule has 2 rings (SSSR count). The SMILES string of the molecule is CC(C)(C)C(=O)Nc1cc(-c2cccc[nH+]2)[nH]n1.[Cl-]. The molecule has 0 aliphatic heterocycles. The standard InChI is InChI=1S/C13H16N4O.ClH/c1-13(2,3)12(18)15-11-8-10(16-17-11)9-6-4-5-7-14-9;/h4-8H,1-3H3,(H2,15,16,17,18);1H. The number of halogens is 1. The normalized spacial score (nSPS) is 10.7. The van der Waals surface area contributed by atoms with Gasteiger partial charge in [0.15, 0.2) is 12.0 Å². The Kier molecular flexibility index (Phi) is 4.67. The van der Waals surface area contributed by atoms with Crippen LogP contribution in [-0.4, -0.2) is 16.1 Å². The maximum absolute atomic E-state index is 11.8. The number of nitrogens with one attached hydrogen (secondary N) is 3. The largest absolute Gasteiger partial charge is 1.00 e. The van der Waals surface area contributed by atoms with Gasteiger partial charge in [-0.3, -0.25) is 9.89 Å². The highest BCUT2D eigenvalue weighted by molar-refractivity contribution is 5.94. The number of H-pyrrole nitrogens is 2. The molecule has 2 aromatic heterocycles. The Hall–Kier alpha value is -1.88. The summed E-state index contributed by atoms with van der Waals surface area (Å²) in [5.74, 6) is 0.472. The maximum Gasteiger partial charge on any atom is 0.230 e. The van der Waals surface area contributed by atoms with Gasteiger partial charge in [-0.05, 0) is 6.07 Å². The summed E-state index contributed by atoms with van der Waals surface area (Å²) >= 11 is 0. The van der Waals surface area contributed by atoms with Gasteiger partial charge >= 0.3 is 0 Å². The smallest absolute Gasteiger partial charge is 0.230 e. The van der Waals surface area contributed by atoms with E-state index in [1.54, 1.807) is 6.07 Å². The second kappa shape index (κ2) is 5.84. The number of hydrogen-bond donors (Lipinski definition) is 2. The molecule has 0 aliphatic carbocycles. The molecule has 1 amide bonds. The maximum atomic E-state index is 11.8. The third-order valence-electron chi connectivity index (χ3n) is 2.50. The number of hydrogen-bond acceptors (Lipinski definition) is 2. The van der Waals surface area contributed by atoms with Gasteiger partial charge in [-0.2, -0.15) is 5.10 Å². The number of pyridine rings is 1. The first kappa shape index (κ1) is 15.2. The lowest BCUT2D eigenvalue weighted by molar-refractivity contribution is -0.364. The van der Waals surface area contributed by atoms with Crippen molar-refractivity contribution in [2.45, 2.75) is 20.8 Å². The summed E-state index contributed by atoms with van der Waals surface area (Å²) in [4.78, 5) is 14.9. The molecule has 6 heteroatoms. The highest BCUT2D eigenvalue weighted by atomic mass is 35.5. The van der Waals surface area contributed by atoms with E-state index < -0.39 is 5.41 Å². The molecule has 2 aromatic rings. The lowest BCUT2D eigenvalue weighted by Gasteiger charge is -2.15. The molecule has 0 bridgehead atoms. The van der Waals surface area contributed by atoms with Gasteiger partial charge in [-0.25, -0.2) is 4.98 Å².